The highest BCUT2D eigenvalue weighted by Gasteiger charge is 2.21. The van der Waals surface area contributed by atoms with Crippen molar-refractivity contribution in [3.05, 3.63) is 27.9 Å². The SMILES string of the molecule is O=c1cc(CNC2CC2)nc(C2CCCCCCC2)[nH]1. The first kappa shape index (κ1) is 13.8. The number of aromatic amines is 1. The molecule has 2 saturated carbocycles. The van der Waals surface area contributed by atoms with Crippen molar-refractivity contribution < 1.29 is 0 Å². The Kier molecular flexibility index (Phi) is 4.51. The van der Waals surface area contributed by atoms with Gasteiger partial charge in [-0.3, -0.25) is 4.79 Å². The zero-order valence-electron chi connectivity index (χ0n) is 12.2. The number of nitrogens with zero attached hydrogens (tertiary/aromatic N) is 1. The van der Waals surface area contributed by atoms with E-state index in [0.717, 1.165) is 18.1 Å². The third kappa shape index (κ3) is 3.92. The summed E-state index contributed by atoms with van der Waals surface area (Å²) in [5, 5.41) is 3.44. The Morgan fingerprint density at radius 2 is 1.80 bits per heavy atom. The molecule has 0 bridgehead atoms. The van der Waals surface area contributed by atoms with Crippen LogP contribution in [-0.2, 0) is 6.54 Å². The smallest absolute Gasteiger partial charge is 0.251 e. The van der Waals surface area contributed by atoms with E-state index in [1.54, 1.807) is 6.07 Å². The van der Waals surface area contributed by atoms with E-state index in [9.17, 15) is 4.79 Å². The fraction of sp³-hybridized carbons (Fsp3) is 0.750. The van der Waals surface area contributed by atoms with Gasteiger partial charge in [-0.05, 0) is 25.7 Å². The first-order valence-corrected chi connectivity index (χ1v) is 8.15. The van der Waals surface area contributed by atoms with Crippen molar-refractivity contribution in [2.75, 3.05) is 0 Å². The summed E-state index contributed by atoms with van der Waals surface area (Å²) < 4.78 is 0. The van der Waals surface area contributed by atoms with E-state index in [2.05, 4.69) is 10.3 Å². The molecule has 3 rings (SSSR count). The first-order valence-electron chi connectivity index (χ1n) is 8.15. The second-order valence-electron chi connectivity index (χ2n) is 6.32. The molecule has 2 aliphatic carbocycles. The molecule has 4 heteroatoms. The summed E-state index contributed by atoms with van der Waals surface area (Å²) in [5.74, 6) is 1.37. The van der Waals surface area contributed by atoms with Gasteiger partial charge in [-0.15, -0.1) is 0 Å². The highest BCUT2D eigenvalue weighted by Crippen LogP contribution is 2.28. The number of hydrogen-bond donors (Lipinski definition) is 2. The van der Waals surface area contributed by atoms with Crippen molar-refractivity contribution in [2.45, 2.75) is 76.3 Å². The lowest BCUT2D eigenvalue weighted by atomic mass is 9.90. The van der Waals surface area contributed by atoms with E-state index in [1.807, 2.05) is 0 Å². The number of aromatic nitrogens is 2. The van der Waals surface area contributed by atoms with Crippen molar-refractivity contribution >= 4 is 0 Å². The Labute approximate surface area is 120 Å². The van der Waals surface area contributed by atoms with Crippen LogP contribution in [0, 0.1) is 0 Å². The summed E-state index contributed by atoms with van der Waals surface area (Å²) in [7, 11) is 0. The number of hydrogen-bond acceptors (Lipinski definition) is 3. The van der Waals surface area contributed by atoms with Crippen molar-refractivity contribution in [3.8, 4) is 0 Å². The van der Waals surface area contributed by atoms with Crippen LogP contribution in [0.5, 0.6) is 0 Å². The standard InChI is InChI=1S/C16H25N3O/c20-15-10-14(11-17-13-8-9-13)18-16(19-15)12-6-4-2-1-3-5-7-12/h10,12-13,17H,1-9,11H2,(H,18,19,20). The Hall–Kier alpha value is -1.16. The van der Waals surface area contributed by atoms with Gasteiger partial charge >= 0.3 is 0 Å². The Morgan fingerprint density at radius 3 is 2.50 bits per heavy atom. The molecule has 2 fully saturated rings. The molecule has 0 saturated heterocycles. The molecule has 2 aliphatic rings. The summed E-state index contributed by atoms with van der Waals surface area (Å²) in [6, 6.07) is 2.29. The monoisotopic (exact) mass is 275 g/mol. The van der Waals surface area contributed by atoms with Crippen molar-refractivity contribution in [1.29, 1.82) is 0 Å². The normalized spacial score (nSPS) is 21.4. The molecule has 0 aromatic carbocycles. The van der Waals surface area contributed by atoms with Gasteiger partial charge in [-0.2, -0.15) is 0 Å². The van der Waals surface area contributed by atoms with Crippen LogP contribution in [0.4, 0.5) is 0 Å². The molecular weight excluding hydrogens is 250 g/mol. The van der Waals surface area contributed by atoms with Crippen LogP contribution in [0.25, 0.3) is 0 Å². The zero-order chi connectivity index (χ0) is 13.8. The maximum absolute atomic E-state index is 11.8. The second kappa shape index (κ2) is 6.53. The van der Waals surface area contributed by atoms with Crippen molar-refractivity contribution in [1.82, 2.24) is 15.3 Å². The van der Waals surface area contributed by atoms with Crippen molar-refractivity contribution in [2.24, 2.45) is 0 Å². The van der Waals surface area contributed by atoms with Crippen LogP contribution in [-0.4, -0.2) is 16.0 Å². The van der Waals surface area contributed by atoms with Gasteiger partial charge in [-0.1, -0.05) is 32.1 Å². The molecule has 20 heavy (non-hydrogen) atoms. The maximum atomic E-state index is 11.8. The average molecular weight is 275 g/mol. The molecule has 0 unspecified atom stereocenters. The Balaban J connectivity index is 1.70. The van der Waals surface area contributed by atoms with E-state index in [-0.39, 0.29) is 5.56 Å². The molecule has 1 heterocycles. The van der Waals surface area contributed by atoms with E-state index in [0.29, 0.717) is 12.0 Å². The summed E-state index contributed by atoms with van der Waals surface area (Å²) >= 11 is 0. The summed E-state index contributed by atoms with van der Waals surface area (Å²) in [6.45, 7) is 0.730. The minimum Gasteiger partial charge on any atom is -0.310 e. The van der Waals surface area contributed by atoms with E-state index >= 15 is 0 Å². The van der Waals surface area contributed by atoms with Gasteiger partial charge in [0.25, 0.3) is 5.56 Å². The van der Waals surface area contributed by atoms with E-state index < -0.39 is 0 Å². The molecule has 2 N–H and O–H groups in total. The van der Waals surface area contributed by atoms with Gasteiger partial charge in [0.05, 0.1) is 5.69 Å². The minimum absolute atomic E-state index is 0.00431. The van der Waals surface area contributed by atoms with Gasteiger partial charge in [0.15, 0.2) is 0 Å². The lowest BCUT2D eigenvalue weighted by Gasteiger charge is -2.19. The van der Waals surface area contributed by atoms with Crippen LogP contribution in [0.3, 0.4) is 0 Å². The van der Waals surface area contributed by atoms with Gasteiger partial charge in [0.1, 0.15) is 5.82 Å². The van der Waals surface area contributed by atoms with Crippen LogP contribution in [0.1, 0.15) is 75.2 Å². The van der Waals surface area contributed by atoms with E-state index in [4.69, 9.17) is 4.98 Å². The van der Waals surface area contributed by atoms with Crippen molar-refractivity contribution in [3.63, 3.8) is 0 Å². The summed E-state index contributed by atoms with van der Waals surface area (Å²) in [4.78, 5) is 19.5. The predicted octanol–water partition coefficient (Wildman–Crippen LogP) is 2.85. The minimum atomic E-state index is 0.00431. The highest BCUT2D eigenvalue weighted by atomic mass is 16.1. The average Bonchev–Trinajstić information content (AvgIpc) is 3.19. The fourth-order valence-electron chi connectivity index (χ4n) is 3.08. The topological polar surface area (TPSA) is 57.8 Å². The first-order chi connectivity index (χ1) is 9.81. The van der Waals surface area contributed by atoms with Gasteiger partial charge in [0.2, 0.25) is 0 Å². The molecule has 0 spiro atoms. The van der Waals surface area contributed by atoms with Gasteiger partial charge in [0, 0.05) is 24.6 Å². The molecular formula is C16H25N3O. The number of rotatable bonds is 4. The number of H-pyrrole nitrogens is 1. The largest absolute Gasteiger partial charge is 0.310 e. The molecule has 4 nitrogen and oxygen atoms in total. The Morgan fingerprint density at radius 1 is 1.10 bits per heavy atom. The highest BCUT2D eigenvalue weighted by molar-refractivity contribution is 5.07. The Bertz CT molecular complexity index is 485. The molecule has 0 atom stereocenters. The van der Waals surface area contributed by atoms with Crippen LogP contribution in [0.2, 0.25) is 0 Å². The third-order valence-corrected chi connectivity index (χ3v) is 4.45. The molecule has 0 radical (unpaired) electrons. The van der Waals surface area contributed by atoms with Gasteiger partial charge < -0.3 is 10.3 Å². The molecule has 0 amide bonds. The van der Waals surface area contributed by atoms with Crippen LogP contribution >= 0.6 is 0 Å². The summed E-state index contributed by atoms with van der Waals surface area (Å²) in [5.41, 5.74) is 0.905. The zero-order valence-corrected chi connectivity index (χ0v) is 12.2. The van der Waals surface area contributed by atoms with E-state index in [1.165, 1.54) is 57.8 Å². The maximum Gasteiger partial charge on any atom is 0.251 e. The molecule has 1 aromatic heterocycles. The lowest BCUT2D eigenvalue weighted by Crippen LogP contribution is -2.21. The lowest BCUT2D eigenvalue weighted by molar-refractivity contribution is 0.440. The quantitative estimate of drug-likeness (QED) is 0.888. The third-order valence-electron chi connectivity index (χ3n) is 4.45. The molecule has 0 aliphatic heterocycles. The van der Waals surface area contributed by atoms with Crippen LogP contribution < -0.4 is 10.9 Å². The number of nitrogens with one attached hydrogen (secondary N) is 2. The summed E-state index contributed by atoms with van der Waals surface area (Å²) in [6.07, 6.45) is 11.4. The van der Waals surface area contributed by atoms with Crippen LogP contribution in [0.15, 0.2) is 10.9 Å². The second-order valence-corrected chi connectivity index (χ2v) is 6.32. The molecule has 1 aromatic rings. The predicted molar refractivity (Wildman–Crippen MR) is 79.8 cm³/mol. The molecule has 110 valence electrons. The fourth-order valence-corrected chi connectivity index (χ4v) is 3.08. The van der Waals surface area contributed by atoms with Gasteiger partial charge in [-0.25, -0.2) is 4.98 Å².